The van der Waals surface area contributed by atoms with Crippen molar-refractivity contribution in [3.8, 4) is 22.8 Å². The molecule has 5 rings (SSSR count). The summed E-state index contributed by atoms with van der Waals surface area (Å²) in [6.45, 7) is 0.339. The molecule has 8 heteroatoms. The standard InChI is InChI=1S/C26H20ClNO5S/c1-30-18-10-7-16(8-11-18)24-25(23(29)19-5-2-3-6-21(19)32-24)31-13-4-14-34-26-28-20-15-17(27)9-12-22(20)33-26/h2-3,5-12,15H,4,13-14H2,1H3. The average Bonchev–Trinajstić information content (AvgIpc) is 3.27. The van der Waals surface area contributed by atoms with Gasteiger partial charge in [-0.3, -0.25) is 4.79 Å². The van der Waals surface area contributed by atoms with Crippen LogP contribution < -0.4 is 14.9 Å². The lowest BCUT2D eigenvalue weighted by Gasteiger charge is -2.12. The lowest BCUT2D eigenvalue weighted by Crippen LogP contribution is -2.11. The Morgan fingerprint density at radius 3 is 2.65 bits per heavy atom. The van der Waals surface area contributed by atoms with Gasteiger partial charge in [-0.15, -0.1) is 0 Å². The highest BCUT2D eigenvalue weighted by Gasteiger charge is 2.18. The number of methoxy groups -OCH3 is 1. The zero-order chi connectivity index (χ0) is 23.5. The zero-order valence-corrected chi connectivity index (χ0v) is 19.8. The summed E-state index contributed by atoms with van der Waals surface area (Å²) in [7, 11) is 1.60. The van der Waals surface area contributed by atoms with Gasteiger partial charge in [-0.2, -0.15) is 0 Å². The molecule has 0 fully saturated rings. The number of benzene rings is 3. The Morgan fingerprint density at radius 1 is 1.00 bits per heavy atom. The molecule has 5 aromatic rings. The van der Waals surface area contributed by atoms with E-state index in [1.54, 1.807) is 43.5 Å². The number of oxazole rings is 1. The Bertz CT molecular complexity index is 1510. The highest BCUT2D eigenvalue weighted by molar-refractivity contribution is 7.99. The van der Waals surface area contributed by atoms with Gasteiger partial charge in [0, 0.05) is 16.3 Å². The van der Waals surface area contributed by atoms with E-state index in [0.717, 1.165) is 11.1 Å². The fourth-order valence-corrected chi connectivity index (χ4v) is 4.44. The van der Waals surface area contributed by atoms with Crippen LogP contribution in [0.1, 0.15) is 6.42 Å². The van der Waals surface area contributed by atoms with E-state index >= 15 is 0 Å². The Morgan fingerprint density at radius 2 is 1.82 bits per heavy atom. The van der Waals surface area contributed by atoms with Crippen LogP contribution in [0.4, 0.5) is 0 Å². The molecule has 0 amide bonds. The molecule has 172 valence electrons. The fraction of sp³-hybridized carbons (Fsp3) is 0.154. The van der Waals surface area contributed by atoms with Crippen molar-refractivity contribution in [3.05, 3.63) is 82.0 Å². The minimum atomic E-state index is -0.198. The van der Waals surface area contributed by atoms with E-state index < -0.39 is 0 Å². The first kappa shape index (κ1) is 22.4. The average molecular weight is 494 g/mol. The van der Waals surface area contributed by atoms with Crippen molar-refractivity contribution in [3.63, 3.8) is 0 Å². The number of rotatable bonds is 8. The summed E-state index contributed by atoms with van der Waals surface area (Å²) in [6, 6.07) is 19.8. The first-order chi connectivity index (χ1) is 16.6. The van der Waals surface area contributed by atoms with Crippen LogP contribution in [0.5, 0.6) is 11.5 Å². The molecule has 0 spiro atoms. The fourth-order valence-electron chi connectivity index (χ4n) is 3.52. The van der Waals surface area contributed by atoms with Crippen molar-refractivity contribution in [2.24, 2.45) is 0 Å². The Labute approximate surface area is 204 Å². The molecule has 0 N–H and O–H groups in total. The van der Waals surface area contributed by atoms with Crippen LogP contribution >= 0.6 is 23.4 Å². The van der Waals surface area contributed by atoms with E-state index in [2.05, 4.69) is 4.98 Å². The summed E-state index contributed by atoms with van der Waals surface area (Å²) >= 11 is 7.49. The molecular weight excluding hydrogens is 474 g/mol. The third-order valence-corrected chi connectivity index (χ3v) is 6.35. The molecular formula is C26H20ClNO5S. The molecule has 0 radical (unpaired) electrons. The molecule has 2 aromatic heterocycles. The van der Waals surface area contributed by atoms with Crippen LogP contribution in [0.3, 0.4) is 0 Å². The highest BCUT2D eigenvalue weighted by Crippen LogP contribution is 2.32. The van der Waals surface area contributed by atoms with Crippen molar-refractivity contribution >= 4 is 45.4 Å². The Hall–Kier alpha value is -3.42. The predicted octanol–water partition coefficient (Wildman–Crippen LogP) is 6.82. The summed E-state index contributed by atoms with van der Waals surface area (Å²) in [4.78, 5) is 17.6. The first-order valence-electron chi connectivity index (χ1n) is 10.6. The zero-order valence-electron chi connectivity index (χ0n) is 18.2. The van der Waals surface area contributed by atoms with Crippen molar-refractivity contribution in [1.82, 2.24) is 4.98 Å². The number of hydrogen-bond donors (Lipinski definition) is 0. The molecule has 2 heterocycles. The van der Waals surface area contributed by atoms with Gasteiger partial charge in [0.2, 0.25) is 11.2 Å². The second-order valence-electron chi connectivity index (χ2n) is 7.46. The van der Waals surface area contributed by atoms with Gasteiger partial charge >= 0.3 is 0 Å². The maximum absolute atomic E-state index is 13.2. The second kappa shape index (κ2) is 9.83. The van der Waals surface area contributed by atoms with E-state index in [1.807, 2.05) is 30.3 Å². The third-order valence-electron chi connectivity index (χ3n) is 5.20. The maximum Gasteiger partial charge on any atom is 0.256 e. The van der Waals surface area contributed by atoms with Gasteiger partial charge in [-0.25, -0.2) is 4.98 Å². The molecule has 0 unspecified atom stereocenters. The van der Waals surface area contributed by atoms with E-state index in [4.69, 9.17) is 29.9 Å². The number of hydrogen-bond acceptors (Lipinski definition) is 7. The van der Waals surface area contributed by atoms with Crippen molar-refractivity contribution in [2.45, 2.75) is 11.6 Å². The van der Waals surface area contributed by atoms with Gasteiger partial charge in [-0.05, 0) is 61.0 Å². The van der Waals surface area contributed by atoms with Crippen LogP contribution in [-0.4, -0.2) is 24.5 Å². The third kappa shape index (κ3) is 4.62. The summed E-state index contributed by atoms with van der Waals surface area (Å²) in [5.41, 5.74) is 2.47. The van der Waals surface area contributed by atoms with Crippen LogP contribution in [0.25, 0.3) is 33.4 Å². The number of nitrogens with zero attached hydrogens (tertiary/aromatic N) is 1. The van der Waals surface area contributed by atoms with Gasteiger partial charge in [0.25, 0.3) is 5.22 Å². The molecule has 0 aliphatic rings. The number of halogens is 1. The van der Waals surface area contributed by atoms with Gasteiger partial charge in [0.05, 0.1) is 19.1 Å². The molecule has 6 nitrogen and oxygen atoms in total. The van der Waals surface area contributed by atoms with E-state index in [1.165, 1.54) is 11.8 Å². The minimum Gasteiger partial charge on any atom is -0.497 e. The van der Waals surface area contributed by atoms with E-state index in [0.29, 0.717) is 57.1 Å². The lowest BCUT2D eigenvalue weighted by molar-refractivity contribution is 0.310. The molecule has 0 aliphatic carbocycles. The van der Waals surface area contributed by atoms with Crippen LogP contribution in [0, 0.1) is 0 Å². The number of para-hydroxylation sites is 1. The lowest BCUT2D eigenvalue weighted by atomic mass is 10.1. The largest absolute Gasteiger partial charge is 0.497 e. The number of thioether (sulfide) groups is 1. The Balaban J connectivity index is 1.32. The van der Waals surface area contributed by atoms with Crippen LogP contribution in [0.2, 0.25) is 5.02 Å². The van der Waals surface area contributed by atoms with Crippen molar-refractivity contribution in [2.75, 3.05) is 19.5 Å². The summed E-state index contributed by atoms with van der Waals surface area (Å²) in [5.74, 6) is 2.02. The molecule has 0 bridgehead atoms. The maximum atomic E-state index is 13.2. The smallest absolute Gasteiger partial charge is 0.256 e. The predicted molar refractivity (Wildman–Crippen MR) is 134 cm³/mol. The van der Waals surface area contributed by atoms with Gasteiger partial charge < -0.3 is 18.3 Å². The van der Waals surface area contributed by atoms with Crippen molar-refractivity contribution in [1.29, 1.82) is 0 Å². The SMILES string of the molecule is COc1ccc(-c2oc3ccccc3c(=O)c2OCCCSc2nc3cc(Cl)ccc3o2)cc1. The molecule has 34 heavy (non-hydrogen) atoms. The topological polar surface area (TPSA) is 74.7 Å². The molecule has 0 aliphatic heterocycles. The number of ether oxygens (including phenoxy) is 2. The second-order valence-corrected chi connectivity index (χ2v) is 8.94. The molecule has 0 atom stereocenters. The Kier molecular flexibility index (Phi) is 6.47. The summed E-state index contributed by atoms with van der Waals surface area (Å²) < 4.78 is 23.0. The van der Waals surface area contributed by atoms with E-state index in [9.17, 15) is 4.79 Å². The van der Waals surface area contributed by atoms with Crippen molar-refractivity contribution < 1.29 is 18.3 Å². The van der Waals surface area contributed by atoms with Gasteiger partial charge in [-0.1, -0.05) is 35.5 Å². The normalized spacial score (nSPS) is 11.2. The first-order valence-corrected chi connectivity index (χ1v) is 12.0. The molecule has 3 aromatic carbocycles. The molecule has 0 saturated carbocycles. The van der Waals surface area contributed by atoms with Crippen LogP contribution in [0.15, 0.2) is 85.6 Å². The molecule has 0 saturated heterocycles. The van der Waals surface area contributed by atoms with Crippen LogP contribution in [-0.2, 0) is 0 Å². The van der Waals surface area contributed by atoms with Gasteiger partial charge in [0.15, 0.2) is 11.3 Å². The number of aromatic nitrogens is 1. The minimum absolute atomic E-state index is 0.198. The number of fused-ring (bicyclic) bond motifs is 2. The van der Waals surface area contributed by atoms with E-state index in [-0.39, 0.29) is 11.2 Å². The highest BCUT2D eigenvalue weighted by atomic mass is 35.5. The summed E-state index contributed by atoms with van der Waals surface area (Å²) in [5, 5.41) is 1.67. The monoisotopic (exact) mass is 493 g/mol. The quantitative estimate of drug-likeness (QED) is 0.173. The van der Waals surface area contributed by atoms with Gasteiger partial charge in [0.1, 0.15) is 16.8 Å². The summed E-state index contributed by atoms with van der Waals surface area (Å²) in [6.07, 6.45) is 0.679.